The Morgan fingerprint density at radius 1 is 0.692 bits per heavy atom. The lowest BCUT2D eigenvalue weighted by molar-refractivity contribution is 0.308. The first-order valence-electron chi connectivity index (χ1n) is 10.4. The van der Waals surface area contributed by atoms with Crippen molar-refractivity contribution in [3.63, 3.8) is 0 Å². The minimum absolute atomic E-state index is 0.371. The van der Waals surface area contributed by atoms with Crippen LogP contribution in [0.25, 0.3) is 0 Å². The van der Waals surface area contributed by atoms with Crippen LogP contribution in [0.3, 0.4) is 0 Å². The van der Waals surface area contributed by atoms with Crippen molar-refractivity contribution in [3.8, 4) is 0 Å². The average Bonchev–Trinajstić information content (AvgIpc) is 2.69. The van der Waals surface area contributed by atoms with Gasteiger partial charge in [0.15, 0.2) is 0 Å². The summed E-state index contributed by atoms with van der Waals surface area (Å²) in [6.45, 7) is 2.02. The van der Waals surface area contributed by atoms with Gasteiger partial charge in [0.25, 0.3) is 0 Å². The Bertz CT molecular complexity index is 590. The largest absolute Gasteiger partial charge is 0.311 e. The minimum atomic E-state index is 0.371. The molecule has 2 bridgehead atoms. The van der Waals surface area contributed by atoms with E-state index in [-0.39, 0.29) is 0 Å². The van der Waals surface area contributed by atoms with Gasteiger partial charge in [0.2, 0.25) is 0 Å². The van der Waals surface area contributed by atoms with Crippen molar-refractivity contribution in [1.82, 2.24) is 15.6 Å². The molecule has 5 heteroatoms. The summed E-state index contributed by atoms with van der Waals surface area (Å²) >= 11 is 0. The fourth-order valence-electron chi connectivity index (χ4n) is 4.53. The number of pyridine rings is 1. The first-order chi connectivity index (χ1) is 12.9. The van der Waals surface area contributed by atoms with Crippen molar-refractivity contribution in [2.24, 2.45) is 9.98 Å². The molecule has 2 aliphatic carbocycles. The average molecular weight is 354 g/mol. The quantitative estimate of drug-likeness (QED) is 0.754. The van der Waals surface area contributed by atoms with Gasteiger partial charge in [-0.1, -0.05) is 31.7 Å². The second-order valence-electron chi connectivity index (χ2n) is 7.87. The Balaban J connectivity index is 1.57. The first-order valence-corrected chi connectivity index (χ1v) is 10.4. The van der Waals surface area contributed by atoms with Crippen molar-refractivity contribution in [2.45, 2.75) is 75.5 Å². The van der Waals surface area contributed by atoms with Gasteiger partial charge in [-0.25, -0.2) is 4.98 Å². The maximum atomic E-state index is 4.89. The van der Waals surface area contributed by atoms with E-state index in [0.717, 1.165) is 24.5 Å². The molecular weight excluding hydrogens is 322 g/mol. The van der Waals surface area contributed by atoms with E-state index >= 15 is 0 Å². The fraction of sp³-hybridized carbons (Fsp3) is 0.667. The summed E-state index contributed by atoms with van der Waals surface area (Å²) in [7, 11) is 0. The molecule has 1 aliphatic heterocycles. The molecule has 2 N–H and O–H groups in total. The zero-order valence-corrected chi connectivity index (χ0v) is 15.6. The molecule has 1 aromatic heterocycles. The number of rotatable bonds is 0. The standard InChI is InChI=1S/C21H31N5/c1-3-10-20-18(8-1)22-12-13-23-19-9-2-4-11-21(19)25-15-17-7-5-6-16(26-17)14-24-20/h5-7,14-15,18-23H,1-4,8-13H2/t18?,19?,20-,21?/m1/s1. The molecule has 0 saturated heterocycles. The van der Waals surface area contributed by atoms with Crippen LogP contribution in [0.15, 0.2) is 28.2 Å². The number of fused-ring (bicyclic) bond motifs is 4. The molecule has 140 valence electrons. The summed E-state index contributed by atoms with van der Waals surface area (Å²) in [5, 5.41) is 7.52. The number of nitrogens with one attached hydrogen (secondary N) is 2. The molecule has 5 nitrogen and oxygen atoms in total. The van der Waals surface area contributed by atoms with Gasteiger partial charge in [0, 0.05) is 37.6 Å². The molecule has 2 fully saturated rings. The van der Waals surface area contributed by atoms with E-state index in [1.165, 1.54) is 51.4 Å². The van der Waals surface area contributed by atoms with E-state index in [9.17, 15) is 0 Å². The second-order valence-corrected chi connectivity index (χ2v) is 7.87. The highest BCUT2D eigenvalue weighted by atomic mass is 15.0. The molecule has 0 radical (unpaired) electrons. The van der Waals surface area contributed by atoms with Gasteiger partial charge < -0.3 is 10.6 Å². The zero-order valence-electron chi connectivity index (χ0n) is 15.6. The van der Waals surface area contributed by atoms with Crippen LogP contribution in [-0.2, 0) is 0 Å². The molecule has 4 atom stereocenters. The van der Waals surface area contributed by atoms with Gasteiger partial charge in [0.05, 0.1) is 23.5 Å². The van der Waals surface area contributed by atoms with Crippen molar-refractivity contribution in [1.29, 1.82) is 0 Å². The lowest BCUT2D eigenvalue weighted by Gasteiger charge is -2.31. The molecule has 26 heavy (non-hydrogen) atoms. The van der Waals surface area contributed by atoms with Gasteiger partial charge in [0.1, 0.15) is 0 Å². The summed E-state index contributed by atoms with van der Waals surface area (Å²) in [4.78, 5) is 14.5. The molecule has 0 spiro atoms. The van der Waals surface area contributed by atoms with Crippen LogP contribution in [0.4, 0.5) is 0 Å². The molecule has 3 aliphatic rings. The Labute approximate surface area is 156 Å². The molecule has 0 amide bonds. The van der Waals surface area contributed by atoms with Gasteiger partial charge >= 0.3 is 0 Å². The Hall–Kier alpha value is -1.59. The molecular formula is C21H31N5. The van der Waals surface area contributed by atoms with E-state index < -0.39 is 0 Å². The van der Waals surface area contributed by atoms with Crippen LogP contribution in [0.1, 0.15) is 62.8 Å². The SMILES string of the molecule is C1=NC2CCCCC2NCCNC2CCCC[C@H]2N=Cc2cccc1n2. The normalized spacial score (nSPS) is 32.8. The fourth-order valence-corrected chi connectivity index (χ4v) is 4.53. The number of nitrogens with zero attached hydrogens (tertiary/aromatic N) is 3. The van der Waals surface area contributed by atoms with Gasteiger partial charge in [-0.05, 0) is 37.8 Å². The highest BCUT2D eigenvalue weighted by Crippen LogP contribution is 2.22. The van der Waals surface area contributed by atoms with Crippen LogP contribution >= 0.6 is 0 Å². The van der Waals surface area contributed by atoms with Crippen molar-refractivity contribution in [2.75, 3.05) is 13.1 Å². The van der Waals surface area contributed by atoms with E-state index in [1.54, 1.807) is 0 Å². The molecule has 2 saturated carbocycles. The molecule has 1 aromatic rings. The predicted molar refractivity (Wildman–Crippen MR) is 108 cm³/mol. The zero-order chi connectivity index (χ0) is 17.6. The van der Waals surface area contributed by atoms with Crippen LogP contribution < -0.4 is 10.6 Å². The topological polar surface area (TPSA) is 61.7 Å². The first kappa shape index (κ1) is 17.8. The van der Waals surface area contributed by atoms with Crippen LogP contribution in [-0.4, -0.2) is 54.7 Å². The monoisotopic (exact) mass is 353 g/mol. The van der Waals surface area contributed by atoms with Crippen LogP contribution in [0, 0.1) is 0 Å². The summed E-state index contributed by atoms with van der Waals surface area (Å²) in [6.07, 6.45) is 13.9. The molecule has 4 rings (SSSR count). The number of hydrogen-bond donors (Lipinski definition) is 2. The summed E-state index contributed by atoms with van der Waals surface area (Å²) in [6, 6.07) is 7.86. The van der Waals surface area contributed by atoms with Crippen molar-refractivity contribution < 1.29 is 0 Å². The van der Waals surface area contributed by atoms with Crippen molar-refractivity contribution in [3.05, 3.63) is 29.6 Å². The summed E-state index contributed by atoms with van der Waals surface area (Å²) in [5.41, 5.74) is 1.87. The Morgan fingerprint density at radius 3 is 1.73 bits per heavy atom. The maximum Gasteiger partial charge on any atom is 0.0815 e. The Morgan fingerprint density at radius 2 is 1.19 bits per heavy atom. The van der Waals surface area contributed by atoms with E-state index in [4.69, 9.17) is 15.0 Å². The van der Waals surface area contributed by atoms with Gasteiger partial charge in [-0.15, -0.1) is 0 Å². The van der Waals surface area contributed by atoms with Gasteiger partial charge in [-0.2, -0.15) is 0 Å². The predicted octanol–water partition coefficient (Wildman–Crippen LogP) is 2.73. The second kappa shape index (κ2) is 8.87. The summed E-state index contributed by atoms with van der Waals surface area (Å²) in [5.74, 6) is 0. The maximum absolute atomic E-state index is 4.89. The Kier molecular flexibility index (Phi) is 6.07. The van der Waals surface area contributed by atoms with E-state index in [1.807, 2.05) is 24.6 Å². The van der Waals surface area contributed by atoms with Crippen LogP contribution in [0.5, 0.6) is 0 Å². The number of aliphatic imine (C=N–C) groups is 2. The molecule has 2 heterocycles. The minimum Gasteiger partial charge on any atom is -0.311 e. The third kappa shape index (κ3) is 4.57. The number of aromatic nitrogens is 1. The third-order valence-corrected chi connectivity index (χ3v) is 5.99. The lowest BCUT2D eigenvalue weighted by Crippen LogP contribution is -2.47. The lowest BCUT2D eigenvalue weighted by atomic mass is 9.90. The summed E-state index contributed by atoms with van der Waals surface area (Å²) < 4.78 is 0. The smallest absolute Gasteiger partial charge is 0.0815 e. The van der Waals surface area contributed by atoms with E-state index in [2.05, 4.69) is 16.7 Å². The highest BCUT2D eigenvalue weighted by molar-refractivity contribution is 5.81. The third-order valence-electron chi connectivity index (χ3n) is 5.99. The van der Waals surface area contributed by atoms with E-state index in [0.29, 0.717) is 24.2 Å². The van der Waals surface area contributed by atoms with Gasteiger partial charge in [-0.3, -0.25) is 9.98 Å². The molecule has 3 unspecified atom stereocenters. The van der Waals surface area contributed by atoms with Crippen molar-refractivity contribution >= 4 is 12.4 Å². The van der Waals surface area contributed by atoms with Crippen LogP contribution in [0.2, 0.25) is 0 Å². The highest BCUT2D eigenvalue weighted by Gasteiger charge is 2.25. The number of hydrogen-bond acceptors (Lipinski definition) is 5. The molecule has 0 aromatic carbocycles.